The average molecular weight is 434 g/mol. The maximum absolute atomic E-state index is 13.1. The van der Waals surface area contributed by atoms with Crippen molar-refractivity contribution >= 4 is 28.7 Å². The monoisotopic (exact) mass is 433 g/mol. The van der Waals surface area contributed by atoms with Crippen molar-refractivity contribution in [2.45, 2.75) is 41.2 Å². The Morgan fingerprint density at radius 2 is 1.91 bits per heavy atom. The number of ether oxygens (including phenoxy) is 3. The van der Waals surface area contributed by atoms with E-state index in [-0.39, 0.29) is 17.5 Å². The molecule has 1 aliphatic rings. The third-order valence-corrected chi connectivity index (χ3v) is 5.51. The lowest BCUT2D eigenvalue weighted by atomic mass is 9.97. The summed E-state index contributed by atoms with van der Waals surface area (Å²) in [6.07, 6.45) is 3.76. The van der Waals surface area contributed by atoms with Gasteiger partial charge in [-0.1, -0.05) is 0 Å². The Hall–Kier alpha value is -3.54. The largest absolute Gasteiger partial charge is 0.497 e. The molecular weight excluding hydrogens is 406 g/mol. The third kappa shape index (κ3) is 3.77. The summed E-state index contributed by atoms with van der Waals surface area (Å²) in [5.74, 6) is 1.21. The summed E-state index contributed by atoms with van der Waals surface area (Å²) in [5, 5.41) is 0.975. The van der Waals surface area contributed by atoms with Gasteiger partial charge in [-0.05, 0) is 70.5 Å². The molecule has 1 aromatic heterocycles. The van der Waals surface area contributed by atoms with Crippen LogP contribution in [0.15, 0.2) is 42.3 Å². The Kier molecular flexibility index (Phi) is 5.33. The van der Waals surface area contributed by atoms with E-state index in [0.29, 0.717) is 22.6 Å². The van der Waals surface area contributed by atoms with E-state index in [2.05, 4.69) is 11.5 Å². The second-order valence-corrected chi connectivity index (χ2v) is 8.95. The second kappa shape index (κ2) is 7.86. The Morgan fingerprint density at radius 3 is 2.56 bits per heavy atom. The summed E-state index contributed by atoms with van der Waals surface area (Å²) in [6.45, 7) is 10.0. The fraction of sp³-hybridized carbons (Fsp3) is 0.308. The minimum absolute atomic E-state index is 0.188. The molecule has 3 aromatic rings. The zero-order valence-corrected chi connectivity index (χ0v) is 19.2. The van der Waals surface area contributed by atoms with Crippen molar-refractivity contribution < 1.29 is 23.8 Å². The maximum atomic E-state index is 13.1. The number of hydrogen-bond acceptors (Lipinski definition) is 5. The van der Waals surface area contributed by atoms with Crippen molar-refractivity contribution in [1.82, 2.24) is 4.57 Å². The Labute approximate surface area is 187 Å². The number of fused-ring (bicyclic) bond motifs is 2. The molecule has 1 aliphatic heterocycles. The van der Waals surface area contributed by atoms with Gasteiger partial charge < -0.3 is 18.8 Å². The summed E-state index contributed by atoms with van der Waals surface area (Å²) in [5.41, 5.74) is 2.47. The third-order valence-electron chi connectivity index (χ3n) is 5.51. The standard InChI is InChI=1S/C26H27NO5/c1-7-27-14-16(19-12-17(30-6)8-9-20(19)27)11-22-24(28)23-15(2)10-18(13-21(23)32-22)31-25(29)26(3,4)5/h8-14H,7H2,1-6H3/b22-11-. The first-order chi connectivity index (χ1) is 15.1. The lowest BCUT2D eigenvalue weighted by Crippen LogP contribution is -2.25. The van der Waals surface area contributed by atoms with Gasteiger partial charge in [0, 0.05) is 35.3 Å². The van der Waals surface area contributed by atoms with Gasteiger partial charge in [0.15, 0.2) is 5.76 Å². The molecule has 0 radical (unpaired) electrons. The van der Waals surface area contributed by atoms with Gasteiger partial charge in [-0.15, -0.1) is 0 Å². The summed E-state index contributed by atoms with van der Waals surface area (Å²) in [4.78, 5) is 25.4. The molecule has 0 bridgehead atoms. The van der Waals surface area contributed by atoms with Crippen molar-refractivity contribution in [3.05, 3.63) is 59.0 Å². The molecule has 4 rings (SSSR count). The fourth-order valence-electron chi connectivity index (χ4n) is 3.75. The van der Waals surface area contributed by atoms with E-state index in [1.165, 1.54) is 0 Å². The Bertz CT molecular complexity index is 1270. The fourth-order valence-corrected chi connectivity index (χ4v) is 3.75. The number of rotatable bonds is 4. The molecule has 166 valence electrons. The van der Waals surface area contributed by atoms with E-state index >= 15 is 0 Å². The zero-order valence-electron chi connectivity index (χ0n) is 19.2. The van der Waals surface area contributed by atoms with E-state index in [9.17, 15) is 9.59 Å². The highest BCUT2D eigenvalue weighted by atomic mass is 16.5. The smallest absolute Gasteiger partial charge is 0.316 e. The van der Waals surface area contributed by atoms with Gasteiger partial charge in [0.05, 0.1) is 18.1 Å². The number of benzene rings is 2. The molecule has 0 spiro atoms. The summed E-state index contributed by atoms with van der Waals surface area (Å²) in [7, 11) is 1.63. The molecule has 0 N–H and O–H groups in total. The highest BCUT2D eigenvalue weighted by molar-refractivity contribution is 6.16. The molecule has 0 saturated carbocycles. The van der Waals surface area contributed by atoms with Crippen molar-refractivity contribution in [2.24, 2.45) is 5.41 Å². The highest BCUT2D eigenvalue weighted by Crippen LogP contribution is 2.39. The van der Waals surface area contributed by atoms with Crippen molar-refractivity contribution in [2.75, 3.05) is 7.11 Å². The SMILES string of the molecule is CCn1cc(/C=C2\Oc3cc(OC(=O)C(C)(C)C)cc(C)c3C2=O)c2cc(OC)ccc21. The van der Waals surface area contributed by atoms with Crippen LogP contribution in [0.5, 0.6) is 17.2 Å². The lowest BCUT2D eigenvalue weighted by molar-refractivity contribution is -0.143. The number of allylic oxidation sites excluding steroid dienone is 1. The lowest BCUT2D eigenvalue weighted by Gasteiger charge is -2.16. The molecule has 32 heavy (non-hydrogen) atoms. The normalized spacial score (nSPS) is 14.6. The van der Waals surface area contributed by atoms with Crippen LogP contribution >= 0.6 is 0 Å². The van der Waals surface area contributed by atoms with Crippen LogP contribution < -0.4 is 14.2 Å². The number of ketones is 1. The first-order valence-electron chi connectivity index (χ1n) is 10.6. The van der Waals surface area contributed by atoms with E-state index in [1.54, 1.807) is 46.1 Å². The minimum Gasteiger partial charge on any atom is -0.497 e. The van der Waals surface area contributed by atoms with Crippen molar-refractivity contribution in [3.8, 4) is 17.2 Å². The Balaban J connectivity index is 1.72. The predicted octanol–water partition coefficient (Wildman–Crippen LogP) is 5.55. The van der Waals surface area contributed by atoms with Crippen LogP contribution in [0.25, 0.3) is 17.0 Å². The van der Waals surface area contributed by atoms with Crippen LogP contribution in [0, 0.1) is 12.3 Å². The quantitative estimate of drug-likeness (QED) is 0.307. The summed E-state index contributed by atoms with van der Waals surface area (Å²) in [6, 6.07) is 9.17. The number of hydrogen-bond donors (Lipinski definition) is 0. The maximum Gasteiger partial charge on any atom is 0.316 e. The number of carbonyl (C=O) groups excluding carboxylic acids is 2. The molecule has 6 nitrogen and oxygen atoms in total. The van der Waals surface area contributed by atoms with E-state index < -0.39 is 5.41 Å². The molecule has 0 atom stereocenters. The molecule has 6 heteroatoms. The highest BCUT2D eigenvalue weighted by Gasteiger charge is 2.31. The van der Waals surface area contributed by atoms with Crippen molar-refractivity contribution in [1.29, 1.82) is 0 Å². The molecular formula is C26H27NO5. The van der Waals surface area contributed by atoms with Gasteiger partial charge in [-0.2, -0.15) is 0 Å². The summed E-state index contributed by atoms with van der Waals surface area (Å²) >= 11 is 0. The minimum atomic E-state index is -0.636. The molecule has 0 amide bonds. The van der Waals surface area contributed by atoms with Gasteiger partial charge in [0.2, 0.25) is 5.78 Å². The number of nitrogens with zero attached hydrogens (tertiary/aromatic N) is 1. The molecule has 0 saturated heterocycles. The number of carbonyl (C=O) groups is 2. The topological polar surface area (TPSA) is 66.8 Å². The van der Waals surface area contributed by atoms with Crippen LogP contribution in [-0.2, 0) is 11.3 Å². The number of methoxy groups -OCH3 is 1. The average Bonchev–Trinajstić information content (AvgIpc) is 3.24. The van der Waals surface area contributed by atoms with E-state index in [0.717, 1.165) is 28.8 Å². The van der Waals surface area contributed by atoms with Gasteiger partial charge >= 0.3 is 5.97 Å². The zero-order chi connectivity index (χ0) is 23.2. The van der Waals surface area contributed by atoms with E-state index in [1.807, 2.05) is 31.3 Å². The van der Waals surface area contributed by atoms with Gasteiger partial charge in [-0.25, -0.2) is 0 Å². The molecule has 0 aliphatic carbocycles. The van der Waals surface area contributed by atoms with Crippen LogP contribution in [0.3, 0.4) is 0 Å². The first-order valence-corrected chi connectivity index (χ1v) is 10.6. The number of esters is 1. The van der Waals surface area contributed by atoms with E-state index in [4.69, 9.17) is 14.2 Å². The van der Waals surface area contributed by atoms with Gasteiger partial charge in [0.1, 0.15) is 17.2 Å². The molecule has 2 aromatic carbocycles. The van der Waals surface area contributed by atoms with Crippen LogP contribution in [-0.4, -0.2) is 23.4 Å². The number of aryl methyl sites for hydroxylation is 2. The summed E-state index contributed by atoms with van der Waals surface area (Å²) < 4.78 is 18.9. The molecule has 0 unspecified atom stereocenters. The predicted molar refractivity (Wildman–Crippen MR) is 123 cm³/mol. The molecule has 2 heterocycles. The van der Waals surface area contributed by atoms with Gasteiger partial charge in [-0.3, -0.25) is 9.59 Å². The Morgan fingerprint density at radius 1 is 1.16 bits per heavy atom. The molecule has 0 fully saturated rings. The van der Waals surface area contributed by atoms with Crippen LogP contribution in [0.2, 0.25) is 0 Å². The number of aromatic nitrogens is 1. The first kappa shape index (κ1) is 21.7. The second-order valence-electron chi connectivity index (χ2n) is 8.95. The number of Topliss-reactive ketones (excluding diaryl/α,β-unsaturated/α-hetero) is 1. The van der Waals surface area contributed by atoms with Gasteiger partial charge in [0.25, 0.3) is 0 Å². The van der Waals surface area contributed by atoms with Crippen LogP contribution in [0.4, 0.5) is 0 Å². The van der Waals surface area contributed by atoms with Crippen LogP contribution in [0.1, 0.15) is 49.2 Å². The van der Waals surface area contributed by atoms with Crippen molar-refractivity contribution in [3.63, 3.8) is 0 Å².